The predicted octanol–water partition coefficient (Wildman–Crippen LogP) is 4.73. The molecule has 0 heterocycles. The number of aryl methyl sites for hydroxylation is 1. The molecule has 0 saturated carbocycles. The van der Waals surface area contributed by atoms with E-state index < -0.39 is 0 Å². The molecule has 1 aliphatic rings. The van der Waals surface area contributed by atoms with Gasteiger partial charge in [0, 0.05) is 49.0 Å². The molecule has 0 spiro atoms. The summed E-state index contributed by atoms with van der Waals surface area (Å²) >= 11 is 0. The lowest BCUT2D eigenvalue weighted by Gasteiger charge is -2.23. The number of nitrogens with one attached hydrogen (secondary N) is 1. The van der Waals surface area contributed by atoms with E-state index in [1.807, 2.05) is 30.3 Å². The molecule has 6 heteroatoms. The molecule has 0 aromatic heterocycles. The van der Waals surface area contributed by atoms with Crippen LogP contribution < -0.4 is 20.5 Å². The number of hydrogen-bond acceptors (Lipinski definition) is 6. The van der Waals surface area contributed by atoms with Crippen LogP contribution in [0.15, 0.2) is 48.5 Å². The number of methoxy groups -OCH3 is 2. The summed E-state index contributed by atoms with van der Waals surface area (Å²) in [6.45, 7) is 2.86. The molecular weight excluding hydrogens is 440 g/mol. The highest BCUT2D eigenvalue weighted by Crippen LogP contribution is 2.43. The number of anilines is 1. The topological polar surface area (TPSA) is 86.0 Å². The zero-order valence-electron chi connectivity index (χ0n) is 20.7. The van der Waals surface area contributed by atoms with Crippen LogP contribution in [0, 0.1) is 0 Å². The molecule has 0 aliphatic heterocycles. The summed E-state index contributed by atoms with van der Waals surface area (Å²) in [6, 6.07) is 15.9. The minimum Gasteiger partial charge on any atom is -0.507 e. The van der Waals surface area contributed by atoms with Crippen molar-refractivity contribution in [1.29, 1.82) is 0 Å². The van der Waals surface area contributed by atoms with Crippen LogP contribution in [-0.2, 0) is 24.0 Å². The second kappa shape index (κ2) is 12.0. The first-order valence-corrected chi connectivity index (χ1v) is 12.3. The van der Waals surface area contributed by atoms with Crippen molar-refractivity contribution in [3.05, 3.63) is 70.8 Å². The van der Waals surface area contributed by atoms with Crippen LogP contribution >= 0.6 is 0 Å². The zero-order valence-corrected chi connectivity index (χ0v) is 20.7. The summed E-state index contributed by atoms with van der Waals surface area (Å²) in [5, 5.41) is 14.1. The van der Waals surface area contributed by atoms with Crippen molar-refractivity contribution in [2.24, 2.45) is 0 Å². The summed E-state index contributed by atoms with van der Waals surface area (Å²) in [6.07, 6.45) is 4.94. The minimum absolute atomic E-state index is 0.284. The molecule has 0 atom stereocenters. The van der Waals surface area contributed by atoms with Crippen molar-refractivity contribution >= 4 is 5.69 Å². The second-order valence-corrected chi connectivity index (χ2v) is 8.92. The van der Waals surface area contributed by atoms with E-state index in [1.54, 1.807) is 20.3 Å². The van der Waals surface area contributed by atoms with E-state index in [-0.39, 0.29) is 5.75 Å². The van der Waals surface area contributed by atoms with Gasteiger partial charge in [0.25, 0.3) is 0 Å². The quantitative estimate of drug-likeness (QED) is 0.274. The number of rotatable bonds is 11. The largest absolute Gasteiger partial charge is 0.507 e. The molecule has 3 aromatic rings. The van der Waals surface area contributed by atoms with Crippen molar-refractivity contribution in [2.75, 3.05) is 46.3 Å². The van der Waals surface area contributed by atoms with Crippen molar-refractivity contribution in [1.82, 2.24) is 5.32 Å². The maximum atomic E-state index is 10.8. The van der Waals surface area contributed by atoms with E-state index in [2.05, 4.69) is 17.4 Å². The molecule has 0 saturated heterocycles. The fourth-order valence-electron chi connectivity index (χ4n) is 4.80. The molecule has 1 aliphatic carbocycles. The van der Waals surface area contributed by atoms with Crippen molar-refractivity contribution in [3.63, 3.8) is 0 Å². The van der Waals surface area contributed by atoms with E-state index in [9.17, 15) is 5.11 Å². The number of phenolic OH excluding ortho intramolecular Hbond substituents is 1. The third kappa shape index (κ3) is 5.89. The van der Waals surface area contributed by atoms with Gasteiger partial charge in [-0.15, -0.1) is 0 Å². The molecular formula is C29H36N2O4. The van der Waals surface area contributed by atoms with Gasteiger partial charge in [0.05, 0.1) is 13.7 Å². The Kier molecular flexibility index (Phi) is 8.50. The van der Waals surface area contributed by atoms with Crippen LogP contribution in [0.2, 0.25) is 0 Å². The van der Waals surface area contributed by atoms with E-state index in [4.69, 9.17) is 19.9 Å². The number of nitrogen functional groups attached to an aromatic ring is 1. The first-order valence-electron chi connectivity index (χ1n) is 12.3. The fourth-order valence-corrected chi connectivity index (χ4v) is 4.80. The van der Waals surface area contributed by atoms with E-state index >= 15 is 0 Å². The van der Waals surface area contributed by atoms with E-state index in [0.717, 1.165) is 66.1 Å². The predicted molar refractivity (Wildman–Crippen MR) is 141 cm³/mol. The first kappa shape index (κ1) is 24.9. The van der Waals surface area contributed by atoms with E-state index in [1.165, 1.54) is 17.5 Å². The Morgan fingerprint density at radius 3 is 2.46 bits per heavy atom. The van der Waals surface area contributed by atoms with Gasteiger partial charge in [-0.1, -0.05) is 18.2 Å². The summed E-state index contributed by atoms with van der Waals surface area (Å²) in [7, 11) is 3.36. The molecule has 4 N–H and O–H groups in total. The van der Waals surface area contributed by atoms with Crippen LogP contribution in [0.3, 0.4) is 0 Å². The highest BCUT2D eigenvalue weighted by molar-refractivity contribution is 5.86. The maximum absolute atomic E-state index is 10.8. The highest BCUT2D eigenvalue weighted by Gasteiger charge is 2.22. The maximum Gasteiger partial charge on any atom is 0.124 e. The Labute approximate surface area is 208 Å². The van der Waals surface area contributed by atoms with Gasteiger partial charge in [0.15, 0.2) is 0 Å². The Bertz CT molecular complexity index is 1130. The Hall–Kier alpha value is -3.22. The SMILES string of the molecule is COCCNCCOc1ccc(Cc2c(OC)ccc(-c3c(O)ccc4c3CCCC4)c2N)cc1. The summed E-state index contributed by atoms with van der Waals surface area (Å²) < 4.78 is 16.5. The first-order chi connectivity index (χ1) is 17.1. The molecule has 186 valence electrons. The number of ether oxygens (including phenoxy) is 3. The number of aromatic hydroxyl groups is 1. The average Bonchev–Trinajstić information content (AvgIpc) is 2.88. The molecule has 0 unspecified atom stereocenters. The summed E-state index contributed by atoms with van der Waals surface area (Å²) in [5.74, 6) is 1.86. The van der Waals surface area contributed by atoms with Crippen LogP contribution in [-0.4, -0.2) is 45.6 Å². The second-order valence-electron chi connectivity index (χ2n) is 8.92. The molecule has 6 nitrogen and oxygen atoms in total. The van der Waals surface area contributed by atoms with Crippen LogP contribution in [0.25, 0.3) is 11.1 Å². The van der Waals surface area contributed by atoms with Gasteiger partial charge in [0.2, 0.25) is 0 Å². The average molecular weight is 477 g/mol. The Balaban J connectivity index is 1.54. The van der Waals surface area contributed by atoms with Crippen LogP contribution in [0.4, 0.5) is 5.69 Å². The van der Waals surface area contributed by atoms with Gasteiger partial charge in [-0.3, -0.25) is 0 Å². The van der Waals surface area contributed by atoms with Gasteiger partial charge < -0.3 is 30.4 Å². The molecule has 0 fully saturated rings. The smallest absolute Gasteiger partial charge is 0.124 e. The van der Waals surface area contributed by atoms with Crippen molar-refractivity contribution < 1.29 is 19.3 Å². The van der Waals surface area contributed by atoms with Gasteiger partial charge in [0.1, 0.15) is 23.9 Å². The Morgan fingerprint density at radius 1 is 0.914 bits per heavy atom. The van der Waals surface area contributed by atoms with Gasteiger partial charge >= 0.3 is 0 Å². The fraction of sp³-hybridized carbons (Fsp3) is 0.379. The molecule has 3 aromatic carbocycles. The number of nitrogens with two attached hydrogens (primary N) is 1. The molecule has 4 rings (SSSR count). The van der Waals surface area contributed by atoms with Crippen molar-refractivity contribution in [3.8, 4) is 28.4 Å². The standard InChI is InChI=1S/C29H36N2O4/c1-33-17-15-31-16-18-35-22-10-7-20(8-11-22)19-25-27(34-2)14-12-24(29(25)30)28-23-6-4-3-5-21(23)9-13-26(28)32/h7-14,31-32H,3-6,15-19,30H2,1-2H3. The lowest BCUT2D eigenvalue weighted by Crippen LogP contribution is -2.24. The molecule has 0 bridgehead atoms. The Morgan fingerprint density at radius 2 is 1.69 bits per heavy atom. The van der Waals surface area contributed by atoms with Crippen LogP contribution in [0.1, 0.15) is 35.1 Å². The number of hydrogen-bond donors (Lipinski definition) is 3. The lowest BCUT2D eigenvalue weighted by atomic mass is 9.84. The normalized spacial score (nSPS) is 12.9. The lowest BCUT2D eigenvalue weighted by molar-refractivity contribution is 0.197. The van der Waals surface area contributed by atoms with Gasteiger partial charge in [-0.2, -0.15) is 0 Å². The van der Waals surface area contributed by atoms with Gasteiger partial charge in [-0.05, 0) is 72.7 Å². The summed E-state index contributed by atoms with van der Waals surface area (Å²) in [5.41, 5.74) is 13.7. The van der Waals surface area contributed by atoms with Crippen molar-refractivity contribution in [2.45, 2.75) is 32.1 Å². The van der Waals surface area contributed by atoms with Crippen LogP contribution in [0.5, 0.6) is 17.2 Å². The number of benzene rings is 3. The zero-order chi connectivity index (χ0) is 24.6. The minimum atomic E-state index is 0.284. The molecule has 35 heavy (non-hydrogen) atoms. The molecule has 0 amide bonds. The van der Waals surface area contributed by atoms with Gasteiger partial charge in [-0.25, -0.2) is 0 Å². The highest BCUT2D eigenvalue weighted by atomic mass is 16.5. The number of fused-ring (bicyclic) bond motifs is 1. The third-order valence-corrected chi connectivity index (χ3v) is 6.65. The molecule has 0 radical (unpaired) electrons. The van der Waals surface area contributed by atoms with E-state index in [0.29, 0.717) is 25.3 Å². The monoisotopic (exact) mass is 476 g/mol. The number of phenols is 1. The summed E-state index contributed by atoms with van der Waals surface area (Å²) in [4.78, 5) is 0. The third-order valence-electron chi connectivity index (χ3n) is 6.65.